The van der Waals surface area contributed by atoms with Crippen LogP contribution in [0, 0.1) is 0 Å². The van der Waals surface area contributed by atoms with Crippen LogP contribution < -0.4 is 0 Å². The van der Waals surface area contributed by atoms with Crippen LogP contribution in [0.5, 0.6) is 0 Å². The third-order valence-corrected chi connectivity index (χ3v) is 1.78. The van der Waals surface area contributed by atoms with Gasteiger partial charge in [-0.1, -0.05) is 19.7 Å². The highest BCUT2D eigenvalue weighted by Gasteiger charge is 2.05. The van der Waals surface area contributed by atoms with Gasteiger partial charge in [0, 0.05) is 16.7 Å². The Hall–Kier alpha value is -2.37. The first kappa shape index (κ1) is 20.9. The minimum absolute atomic E-state index is 0.0325. The molecule has 6 heteroatoms. The molecule has 118 valence electrons. The molecule has 0 saturated carbocycles. The van der Waals surface area contributed by atoms with Crippen molar-refractivity contribution >= 4 is 17.9 Å². The van der Waals surface area contributed by atoms with Crippen molar-refractivity contribution in [2.45, 2.75) is 20.8 Å². The van der Waals surface area contributed by atoms with E-state index in [1.54, 1.807) is 20.8 Å². The number of rotatable bonds is 6. The van der Waals surface area contributed by atoms with Gasteiger partial charge in [-0.05, 0) is 20.8 Å². The van der Waals surface area contributed by atoms with E-state index in [0.717, 1.165) is 0 Å². The van der Waals surface area contributed by atoms with E-state index in [1.807, 2.05) is 0 Å². The predicted molar refractivity (Wildman–Crippen MR) is 78.4 cm³/mol. The number of esters is 3. The van der Waals surface area contributed by atoms with Gasteiger partial charge >= 0.3 is 17.9 Å². The van der Waals surface area contributed by atoms with E-state index >= 15 is 0 Å². The zero-order valence-corrected chi connectivity index (χ0v) is 13.0. The van der Waals surface area contributed by atoms with E-state index < -0.39 is 11.9 Å². The summed E-state index contributed by atoms with van der Waals surface area (Å²) in [5.41, 5.74) is 1.06. The average molecular weight is 298 g/mol. The largest absolute Gasteiger partial charge is 0.466 e. The summed E-state index contributed by atoms with van der Waals surface area (Å²) in [6.45, 7) is 14.9. The quantitative estimate of drug-likeness (QED) is 0.323. The summed E-state index contributed by atoms with van der Waals surface area (Å²) in [4.78, 5) is 31.9. The smallest absolute Gasteiger partial charge is 0.333 e. The highest BCUT2D eigenvalue weighted by atomic mass is 16.6. The number of ether oxygens (including phenoxy) is 3. The van der Waals surface area contributed by atoms with Gasteiger partial charge in [0.15, 0.2) is 0 Å². The van der Waals surface area contributed by atoms with E-state index in [4.69, 9.17) is 0 Å². The van der Waals surface area contributed by atoms with Crippen molar-refractivity contribution in [3.63, 3.8) is 0 Å². The maximum absolute atomic E-state index is 10.8. The molecule has 0 amide bonds. The van der Waals surface area contributed by atoms with Crippen molar-refractivity contribution in [1.82, 2.24) is 0 Å². The Bertz CT molecular complexity index is 405. The maximum Gasteiger partial charge on any atom is 0.333 e. The Morgan fingerprint density at radius 3 is 1.14 bits per heavy atom. The zero-order chi connectivity index (χ0) is 17.0. The fourth-order valence-corrected chi connectivity index (χ4v) is 0.689. The van der Waals surface area contributed by atoms with Crippen LogP contribution in [0.3, 0.4) is 0 Å². The lowest BCUT2D eigenvalue weighted by Crippen LogP contribution is -2.14. The molecule has 0 bridgehead atoms. The van der Waals surface area contributed by atoms with Gasteiger partial charge in [0.25, 0.3) is 0 Å². The minimum Gasteiger partial charge on any atom is -0.466 e. The summed E-state index contributed by atoms with van der Waals surface area (Å²) in [6, 6.07) is 0. The molecule has 0 aromatic carbocycles. The van der Waals surface area contributed by atoms with Crippen LogP contribution in [0.2, 0.25) is 0 Å². The molecule has 0 unspecified atom stereocenters. The van der Waals surface area contributed by atoms with Crippen LogP contribution in [0.4, 0.5) is 0 Å². The molecule has 0 heterocycles. The van der Waals surface area contributed by atoms with Crippen LogP contribution in [-0.2, 0) is 28.6 Å². The normalized spacial score (nSPS) is 8.57. The second-order valence-electron chi connectivity index (χ2n) is 4.10. The Labute approximate surface area is 125 Å². The van der Waals surface area contributed by atoms with Crippen molar-refractivity contribution in [2.75, 3.05) is 20.3 Å². The van der Waals surface area contributed by atoms with E-state index in [1.165, 1.54) is 7.11 Å². The average Bonchev–Trinajstić information content (AvgIpc) is 2.42. The van der Waals surface area contributed by atoms with Gasteiger partial charge in [-0.25, -0.2) is 14.4 Å². The summed E-state index contributed by atoms with van der Waals surface area (Å²) >= 11 is 0. The zero-order valence-electron chi connectivity index (χ0n) is 13.0. The minimum atomic E-state index is -0.489. The van der Waals surface area contributed by atoms with E-state index in [-0.39, 0.29) is 19.2 Å². The molecule has 0 N–H and O–H groups in total. The summed E-state index contributed by atoms with van der Waals surface area (Å²) in [6.07, 6.45) is 0. The van der Waals surface area contributed by atoms with Gasteiger partial charge < -0.3 is 14.2 Å². The molecule has 21 heavy (non-hydrogen) atoms. The molecule has 0 aliphatic heterocycles. The highest BCUT2D eigenvalue weighted by molar-refractivity contribution is 5.87. The Morgan fingerprint density at radius 1 is 0.714 bits per heavy atom. The first-order chi connectivity index (χ1) is 9.63. The lowest BCUT2D eigenvalue weighted by atomic mass is 10.4. The van der Waals surface area contributed by atoms with Gasteiger partial charge in [0.05, 0.1) is 7.11 Å². The monoisotopic (exact) mass is 298 g/mol. The molecule has 0 rings (SSSR count). The second kappa shape index (κ2) is 11.5. The molecule has 0 aliphatic rings. The van der Waals surface area contributed by atoms with Crippen LogP contribution in [-0.4, -0.2) is 38.2 Å². The first-order valence-corrected chi connectivity index (χ1v) is 6.02. The molecule has 0 atom stereocenters. The van der Waals surface area contributed by atoms with Crippen molar-refractivity contribution in [2.24, 2.45) is 0 Å². The highest BCUT2D eigenvalue weighted by Crippen LogP contribution is 1.94. The Balaban J connectivity index is 0. The number of carbonyl (C=O) groups excluding carboxylic acids is 3. The van der Waals surface area contributed by atoms with Gasteiger partial charge in [-0.2, -0.15) is 0 Å². The third kappa shape index (κ3) is 12.4. The maximum atomic E-state index is 10.8. The molecule has 0 aromatic rings. The van der Waals surface area contributed by atoms with Gasteiger partial charge in [-0.15, -0.1) is 0 Å². The van der Waals surface area contributed by atoms with Crippen LogP contribution >= 0.6 is 0 Å². The molecule has 0 saturated heterocycles. The summed E-state index contributed by atoms with van der Waals surface area (Å²) in [7, 11) is 1.33. The predicted octanol–water partition coefficient (Wildman–Crippen LogP) is 1.96. The van der Waals surface area contributed by atoms with E-state index in [0.29, 0.717) is 16.7 Å². The Kier molecular flexibility index (Phi) is 11.4. The first-order valence-electron chi connectivity index (χ1n) is 6.02. The van der Waals surface area contributed by atoms with Crippen molar-refractivity contribution in [3.05, 3.63) is 36.5 Å². The molecule has 0 spiro atoms. The van der Waals surface area contributed by atoms with Gasteiger partial charge in [0.2, 0.25) is 0 Å². The van der Waals surface area contributed by atoms with Gasteiger partial charge in [-0.3, -0.25) is 0 Å². The summed E-state index contributed by atoms with van der Waals surface area (Å²) in [5.74, 6) is -1.33. The molecule has 0 fully saturated rings. The standard InChI is InChI=1S/C10H14O4.C5H8O2/c1-7(2)9(11)13-5-6-14-10(12)8(3)4;1-4(2)5(6)7-3/h1,3,5-6H2,2,4H3;1H2,2-3H3. The van der Waals surface area contributed by atoms with Crippen molar-refractivity contribution in [3.8, 4) is 0 Å². The van der Waals surface area contributed by atoms with Crippen LogP contribution in [0.15, 0.2) is 36.5 Å². The summed E-state index contributed by atoms with van der Waals surface area (Å²) in [5, 5.41) is 0. The summed E-state index contributed by atoms with van der Waals surface area (Å²) < 4.78 is 13.6. The van der Waals surface area contributed by atoms with E-state index in [9.17, 15) is 14.4 Å². The number of hydrogen-bond acceptors (Lipinski definition) is 6. The molecule has 0 radical (unpaired) electrons. The Morgan fingerprint density at radius 2 is 1.00 bits per heavy atom. The molecule has 0 aliphatic carbocycles. The SMILES string of the molecule is C=C(C)C(=O)OC.C=C(C)C(=O)OCCOC(=O)C(=C)C. The fraction of sp³-hybridized carbons (Fsp3) is 0.400. The van der Waals surface area contributed by atoms with E-state index in [2.05, 4.69) is 33.9 Å². The van der Waals surface area contributed by atoms with Crippen LogP contribution in [0.1, 0.15) is 20.8 Å². The molecule has 6 nitrogen and oxygen atoms in total. The van der Waals surface area contributed by atoms with Crippen LogP contribution in [0.25, 0.3) is 0 Å². The van der Waals surface area contributed by atoms with Gasteiger partial charge in [0.1, 0.15) is 13.2 Å². The number of hydrogen-bond donors (Lipinski definition) is 0. The van der Waals surface area contributed by atoms with Crippen molar-refractivity contribution < 1.29 is 28.6 Å². The topological polar surface area (TPSA) is 78.9 Å². The molecule has 0 aromatic heterocycles. The lowest BCUT2D eigenvalue weighted by Gasteiger charge is -2.05. The second-order valence-corrected chi connectivity index (χ2v) is 4.10. The lowest BCUT2D eigenvalue weighted by molar-refractivity contribution is -0.147. The fourth-order valence-electron chi connectivity index (χ4n) is 0.689. The third-order valence-electron chi connectivity index (χ3n) is 1.78. The number of carbonyl (C=O) groups is 3. The van der Waals surface area contributed by atoms with Crippen molar-refractivity contribution in [1.29, 1.82) is 0 Å². The molecular weight excluding hydrogens is 276 g/mol. The molecular formula is C15H22O6. The number of methoxy groups -OCH3 is 1.